The van der Waals surface area contributed by atoms with Crippen molar-refractivity contribution in [1.82, 2.24) is 24.4 Å². The minimum atomic E-state index is -0.220. The number of aromatic nitrogens is 4. The lowest BCUT2D eigenvalue weighted by atomic mass is 10.2. The van der Waals surface area contributed by atoms with Crippen LogP contribution in [0.1, 0.15) is 11.6 Å². The first kappa shape index (κ1) is 21.4. The van der Waals surface area contributed by atoms with E-state index in [0.717, 1.165) is 16.8 Å². The Morgan fingerprint density at radius 3 is 2.47 bits per heavy atom. The van der Waals surface area contributed by atoms with Crippen molar-refractivity contribution in [2.24, 2.45) is 0 Å². The fraction of sp³-hybridized carbons (Fsp3) is 0.154. The number of benzene rings is 3. The summed E-state index contributed by atoms with van der Waals surface area (Å²) in [6.07, 6.45) is 0. The summed E-state index contributed by atoms with van der Waals surface area (Å²) in [4.78, 5) is 39.0. The number of nitrogens with zero attached hydrogens (tertiary/aromatic N) is 4. The summed E-state index contributed by atoms with van der Waals surface area (Å²) in [5.74, 6) is 1.68. The van der Waals surface area contributed by atoms with Crippen molar-refractivity contribution in [3.8, 4) is 5.75 Å². The molecule has 1 amide bonds. The van der Waals surface area contributed by atoms with Gasteiger partial charge in [0.2, 0.25) is 5.91 Å². The summed E-state index contributed by atoms with van der Waals surface area (Å²) in [5.41, 5.74) is 2.03. The van der Waals surface area contributed by atoms with Gasteiger partial charge in [-0.3, -0.25) is 9.59 Å². The van der Waals surface area contributed by atoms with Gasteiger partial charge in [-0.1, -0.05) is 42.5 Å². The highest BCUT2D eigenvalue weighted by atomic mass is 16.5. The van der Waals surface area contributed by atoms with Crippen LogP contribution in [0, 0.1) is 0 Å². The summed E-state index contributed by atoms with van der Waals surface area (Å²) in [6, 6.07) is 24.3. The minimum absolute atomic E-state index is 0.0856. The molecule has 0 aliphatic heterocycles. The van der Waals surface area contributed by atoms with Crippen LogP contribution in [0.5, 0.6) is 5.75 Å². The molecule has 0 atom stereocenters. The number of aromatic amines is 1. The van der Waals surface area contributed by atoms with E-state index in [9.17, 15) is 9.59 Å². The number of imidazole rings is 1. The number of amides is 1. The predicted octanol–water partition coefficient (Wildman–Crippen LogP) is 3.51. The summed E-state index contributed by atoms with van der Waals surface area (Å²) < 4.78 is 7.76. The predicted molar refractivity (Wildman–Crippen MR) is 129 cm³/mol. The number of carbonyl (C=O) groups excluding carboxylic acids is 1. The Balaban J connectivity index is 1.36. The molecule has 170 valence electrons. The number of hydrogen-bond donors (Lipinski definition) is 1. The highest BCUT2D eigenvalue weighted by Crippen LogP contribution is 2.19. The second-order valence-corrected chi connectivity index (χ2v) is 7.98. The van der Waals surface area contributed by atoms with Crippen LogP contribution in [-0.2, 0) is 24.5 Å². The van der Waals surface area contributed by atoms with Gasteiger partial charge >= 0.3 is 0 Å². The zero-order chi connectivity index (χ0) is 23.5. The first-order valence-electron chi connectivity index (χ1n) is 10.9. The molecule has 0 saturated heterocycles. The number of rotatable bonds is 7. The summed E-state index contributed by atoms with van der Waals surface area (Å²) in [7, 11) is 1.69. The zero-order valence-electron chi connectivity index (χ0n) is 18.6. The topological polar surface area (TPSA) is 93.1 Å². The van der Waals surface area contributed by atoms with E-state index in [2.05, 4.69) is 15.0 Å². The van der Waals surface area contributed by atoms with Gasteiger partial charge in [0.25, 0.3) is 5.56 Å². The zero-order valence-corrected chi connectivity index (χ0v) is 18.6. The SMILES string of the molecule is CN(Cc1nc2ccccc2c(=O)[nH]1)C(=O)Cn1c(COc2ccccc2)nc2ccccc21. The molecule has 5 aromatic rings. The molecule has 34 heavy (non-hydrogen) atoms. The monoisotopic (exact) mass is 453 g/mol. The molecule has 0 fully saturated rings. The maximum Gasteiger partial charge on any atom is 0.258 e. The van der Waals surface area contributed by atoms with Crippen molar-refractivity contribution in [3.63, 3.8) is 0 Å². The van der Waals surface area contributed by atoms with Gasteiger partial charge in [0.1, 0.15) is 30.5 Å². The molecule has 2 aromatic heterocycles. The van der Waals surface area contributed by atoms with Gasteiger partial charge in [-0.25, -0.2) is 9.97 Å². The third-order valence-electron chi connectivity index (χ3n) is 5.61. The fourth-order valence-corrected chi connectivity index (χ4v) is 3.86. The molecule has 3 aromatic carbocycles. The van der Waals surface area contributed by atoms with Crippen LogP contribution in [0.4, 0.5) is 0 Å². The van der Waals surface area contributed by atoms with E-state index in [0.29, 0.717) is 22.6 Å². The molecule has 0 spiro atoms. The van der Waals surface area contributed by atoms with E-state index in [-0.39, 0.29) is 31.2 Å². The number of hydrogen-bond acceptors (Lipinski definition) is 5. The number of fused-ring (bicyclic) bond motifs is 2. The first-order chi connectivity index (χ1) is 16.6. The van der Waals surface area contributed by atoms with Crippen molar-refractivity contribution in [2.45, 2.75) is 19.7 Å². The third-order valence-corrected chi connectivity index (χ3v) is 5.61. The number of para-hydroxylation sites is 4. The van der Waals surface area contributed by atoms with E-state index >= 15 is 0 Å². The largest absolute Gasteiger partial charge is 0.486 e. The van der Waals surface area contributed by atoms with Gasteiger partial charge in [-0.15, -0.1) is 0 Å². The molecule has 2 heterocycles. The second-order valence-electron chi connectivity index (χ2n) is 7.98. The Morgan fingerprint density at radius 1 is 0.941 bits per heavy atom. The van der Waals surface area contributed by atoms with Crippen molar-refractivity contribution < 1.29 is 9.53 Å². The van der Waals surface area contributed by atoms with Gasteiger partial charge in [-0.2, -0.15) is 0 Å². The smallest absolute Gasteiger partial charge is 0.258 e. The summed E-state index contributed by atoms with van der Waals surface area (Å²) >= 11 is 0. The standard InChI is InChI=1S/C26H23N5O3/c1-30(15-23-27-20-12-6-5-11-19(20)26(33)29-23)25(32)16-31-22-14-8-7-13-21(22)28-24(31)17-34-18-9-3-2-4-10-18/h2-14H,15-17H2,1H3,(H,27,29,33). The number of H-pyrrole nitrogens is 1. The van der Waals surface area contributed by atoms with Crippen LogP contribution in [0.15, 0.2) is 83.7 Å². The van der Waals surface area contributed by atoms with Crippen molar-refractivity contribution in [1.29, 1.82) is 0 Å². The molecule has 0 bridgehead atoms. The molecule has 0 saturated carbocycles. The van der Waals surface area contributed by atoms with Crippen LogP contribution < -0.4 is 10.3 Å². The summed E-state index contributed by atoms with van der Waals surface area (Å²) in [5, 5.41) is 0.521. The van der Waals surface area contributed by atoms with Crippen LogP contribution in [-0.4, -0.2) is 37.4 Å². The van der Waals surface area contributed by atoms with Gasteiger partial charge in [0.15, 0.2) is 0 Å². The number of carbonyl (C=O) groups is 1. The minimum Gasteiger partial charge on any atom is -0.486 e. The van der Waals surface area contributed by atoms with E-state index in [4.69, 9.17) is 4.74 Å². The molecular formula is C26H23N5O3. The lowest BCUT2D eigenvalue weighted by molar-refractivity contribution is -0.131. The molecular weight excluding hydrogens is 430 g/mol. The fourth-order valence-electron chi connectivity index (χ4n) is 3.86. The Kier molecular flexibility index (Phi) is 5.78. The molecule has 0 unspecified atom stereocenters. The highest BCUT2D eigenvalue weighted by molar-refractivity contribution is 5.81. The average Bonchev–Trinajstić information content (AvgIpc) is 3.20. The van der Waals surface area contributed by atoms with Crippen LogP contribution in [0.2, 0.25) is 0 Å². The normalized spacial score (nSPS) is 11.1. The molecule has 5 rings (SSSR count). The average molecular weight is 454 g/mol. The van der Waals surface area contributed by atoms with E-state index in [1.54, 1.807) is 30.1 Å². The quantitative estimate of drug-likeness (QED) is 0.407. The maximum absolute atomic E-state index is 13.2. The number of nitrogens with one attached hydrogen (secondary N) is 1. The van der Waals surface area contributed by atoms with Crippen molar-refractivity contribution >= 4 is 27.8 Å². The molecule has 0 radical (unpaired) electrons. The summed E-state index contributed by atoms with van der Waals surface area (Å²) in [6.45, 7) is 0.499. The third kappa shape index (κ3) is 4.38. The Morgan fingerprint density at radius 2 is 1.65 bits per heavy atom. The van der Waals surface area contributed by atoms with Gasteiger partial charge in [0.05, 0.1) is 28.5 Å². The Hall–Kier alpha value is -4.46. The van der Waals surface area contributed by atoms with E-state index in [1.807, 2.05) is 65.2 Å². The van der Waals surface area contributed by atoms with Crippen molar-refractivity contribution in [2.75, 3.05) is 7.05 Å². The molecule has 8 heteroatoms. The van der Waals surface area contributed by atoms with E-state index < -0.39 is 0 Å². The molecule has 0 aliphatic carbocycles. The lowest BCUT2D eigenvalue weighted by Crippen LogP contribution is -2.31. The van der Waals surface area contributed by atoms with Gasteiger partial charge < -0.3 is 19.2 Å². The van der Waals surface area contributed by atoms with Gasteiger partial charge in [0, 0.05) is 7.05 Å². The van der Waals surface area contributed by atoms with Crippen molar-refractivity contribution in [3.05, 3.63) is 101 Å². The highest BCUT2D eigenvalue weighted by Gasteiger charge is 2.18. The number of likely N-dealkylation sites (N-methyl/N-ethyl adjacent to an activating group) is 1. The van der Waals surface area contributed by atoms with Crippen LogP contribution in [0.25, 0.3) is 21.9 Å². The van der Waals surface area contributed by atoms with Crippen LogP contribution >= 0.6 is 0 Å². The van der Waals surface area contributed by atoms with E-state index in [1.165, 1.54) is 0 Å². The van der Waals surface area contributed by atoms with Gasteiger partial charge in [-0.05, 0) is 36.4 Å². The molecule has 1 N–H and O–H groups in total. The Bertz CT molecular complexity index is 1520. The molecule has 8 nitrogen and oxygen atoms in total. The maximum atomic E-state index is 13.2. The Labute approximate surface area is 195 Å². The van der Waals surface area contributed by atoms with Crippen LogP contribution in [0.3, 0.4) is 0 Å². The lowest BCUT2D eigenvalue weighted by Gasteiger charge is -2.18. The molecule has 0 aliphatic rings. The first-order valence-corrected chi connectivity index (χ1v) is 10.9. The second kappa shape index (κ2) is 9.19. The number of ether oxygens (including phenoxy) is 1.